The highest BCUT2D eigenvalue weighted by molar-refractivity contribution is 6.24. The van der Waals surface area contributed by atoms with Crippen LogP contribution < -0.4 is 4.74 Å². The third kappa shape index (κ3) is 5.40. The number of hydrogen-bond donors (Lipinski definition) is 0. The molecule has 0 saturated carbocycles. The molecule has 10 aromatic rings. The third-order valence-electron chi connectivity index (χ3n) is 12.8. The summed E-state index contributed by atoms with van der Waals surface area (Å²) in [4.78, 5) is 10.3. The van der Waals surface area contributed by atoms with Gasteiger partial charge in [0.05, 0.1) is 27.6 Å². The molecule has 5 heteroatoms. The Morgan fingerprint density at radius 3 is 2.26 bits per heavy atom. The third-order valence-corrected chi connectivity index (χ3v) is 12.8. The van der Waals surface area contributed by atoms with Gasteiger partial charge in [-0.05, 0) is 101 Å². The Morgan fingerprint density at radius 1 is 0.590 bits per heavy atom. The molecular formula is C56H37N3O2. The number of hydrogen-bond acceptors (Lipinski definition) is 4. The first kappa shape index (κ1) is 34.1. The topological polar surface area (TPSA) is 53.1 Å². The fourth-order valence-electron chi connectivity index (χ4n) is 9.87. The number of fused-ring (bicyclic) bond motifs is 11. The van der Waals surface area contributed by atoms with Crippen molar-refractivity contribution in [3.63, 3.8) is 0 Å². The highest BCUT2D eigenvalue weighted by atomic mass is 16.5. The minimum atomic E-state index is -0.0198. The molecule has 0 N–H and O–H groups in total. The van der Waals surface area contributed by atoms with Crippen LogP contribution in [-0.4, -0.2) is 20.6 Å². The van der Waals surface area contributed by atoms with E-state index >= 15 is 0 Å². The Hall–Kier alpha value is -7.76. The number of allylic oxidation sites excluding steroid dienone is 6. The van der Waals surface area contributed by atoms with Gasteiger partial charge in [0, 0.05) is 56.3 Å². The maximum atomic E-state index is 6.66. The molecule has 2 aliphatic carbocycles. The second-order valence-corrected chi connectivity index (χ2v) is 16.3. The number of aromatic nitrogens is 3. The van der Waals surface area contributed by atoms with E-state index in [4.69, 9.17) is 19.1 Å². The van der Waals surface area contributed by atoms with Crippen LogP contribution in [0, 0.1) is 0 Å². The average molecular weight is 784 g/mol. The molecule has 0 radical (unpaired) electrons. The quantitative estimate of drug-likeness (QED) is 0.174. The van der Waals surface area contributed by atoms with Gasteiger partial charge in [-0.15, -0.1) is 0 Å². The van der Waals surface area contributed by atoms with E-state index in [1.165, 1.54) is 11.1 Å². The maximum Gasteiger partial charge on any atom is 0.160 e. The van der Waals surface area contributed by atoms with E-state index in [9.17, 15) is 0 Å². The summed E-state index contributed by atoms with van der Waals surface area (Å²) in [7, 11) is 0. The molecule has 0 amide bonds. The molecule has 288 valence electrons. The Labute approximate surface area is 351 Å². The first-order valence-electron chi connectivity index (χ1n) is 21.1. The van der Waals surface area contributed by atoms with E-state index < -0.39 is 0 Å². The van der Waals surface area contributed by atoms with Crippen molar-refractivity contribution in [2.75, 3.05) is 0 Å². The molecule has 0 bridgehead atoms. The summed E-state index contributed by atoms with van der Waals surface area (Å²) in [5, 5.41) is 5.64. The number of benzene rings is 7. The van der Waals surface area contributed by atoms with E-state index in [2.05, 4.69) is 168 Å². The van der Waals surface area contributed by atoms with Crippen LogP contribution in [-0.2, 0) is 0 Å². The van der Waals surface area contributed by atoms with Crippen LogP contribution in [0.3, 0.4) is 0 Å². The minimum absolute atomic E-state index is 0.0198. The highest BCUT2D eigenvalue weighted by Crippen LogP contribution is 2.47. The Morgan fingerprint density at radius 2 is 1.38 bits per heavy atom. The molecule has 2 atom stereocenters. The van der Waals surface area contributed by atoms with Gasteiger partial charge in [-0.25, -0.2) is 9.97 Å². The van der Waals surface area contributed by atoms with Crippen molar-refractivity contribution < 1.29 is 9.15 Å². The molecule has 0 spiro atoms. The fraction of sp³-hybridized carbons (Fsp3) is 0.0714. The van der Waals surface area contributed by atoms with E-state index in [1.807, 2.05) is 24.3 Å². The van der Waals surface area contributed by atoms with Gasteiger partial charge in [0.25, 0.3) is 0 Å². The van der Waals surface area contributed by atoms with Crippen LogP contribution in [0.2, 0.25) is 0 Å². The highest BCUT2D eigenvalue weighted by Gasteiger charge is 2.31. The zero-order chi connectivity index (χ0) is 40.0. The molecule has 7 aromatic carbocycles. The summed E-state index contributed by atoms with van der Waals surface area (Å²) in [6.45, 7) is 0. The maximum absolute atomic E-state index is 6.66. The number of rotatable bonds is 5. The smallest absolute Gasteiger partial charge is 0.160 e. The van der Waals surface area contributed by atoms with Crippen LogP contribution in [0.15, 0.2) is 193 Å². The normalized spacial score (nSPS) is 16.9. The van der Waals surface area contributed by atoms with Crippen molar-refractivity contribution in [1.29, 1.82) is 0 Å². The summed E-state index contributed by atoms with van der Waals surface area (Å²) in [6.07, 6.45) is 15.1. The summed E-state index contributed by atoms with van der Waals surface area (Å²) in [6, 6.07) is 53.9. The molecule has 3 aliphatic rings. The lowest BCUT2D eigenvalue weighted by Crippen LogP contribution is -2.13. The Kier molecular flexibility index (Phi) is 7.49. The first-order chi connectivity index (χ1) is 30.2. The van der Waals surface area contributed by atoms with Crippen LogP contribution in [0.4, 0.5) is 0 Å². The molecule has 1 aliphatic heterocycles. The standard InChI is InChI=1S/C56H37N3O2/c1-4-12-34(13-5-1)54-45-32-36(20-25-47(45)57-56(58-54)35-14-6-2-7-15-35)38-22-28-51-43(30-38)44-31-39(23-29-52(44)60-51)37-21-26-48-46(33-37)53-49(59(48)40-16-8-3-9-17-40)27-24-42-41-18-10-11-19-50(41)61-55(42)53/h1-12,14-27,29-34,51H,13,28H2. The van der Waals surface area contributed by atoms with Gasteiger partial charge in [-0.3, -0.25) is 0 Å². The van der Waals surface area contributed by atoms with Crippen LogP contribution in [0.1, 0.15) is 35.6 Å². The van der Waals surface area contributed by atoms with Crippen LogP contribution in [0.25, 0.3) is 94.0 Å². The Bertz CT molecular complexity index is 3570. The lowest BCUT2D eigenvalue weighted by atomic mass is 9.88. The SMILES string of the molecule is C1=CCC(c2nc(-c3ccccc3)nc3ccc(C4=CCC5Oc6ccc(-c7ccc8c(c7)c7c9oc%10ccccc%10c9ccc7n8-c7ccccc7)cc6C5=C4)cc23)C=C1. The molecule has 13 rings (SSSR count). The van der Waals surface area contributed by atoms with Crippen molar-refractivity contribution in [3.8, 4) is 34.0 Å². The first-order valence-corrected chi connectivity index (χ1v) is 21.1. The molecule has 61 heavy (non-hydrogen) atoms. The van der Waals surface area contributed by atoms with Gasteiger partial charge in [0.1, 0.15) is 23.0 Å². The predicted octanol–water partition coefficient (Wildman–Crippen LogP) is 14.2. The van der Waals surface area contributed by atoms with Crippen molar-refractivity contribution in [1.82, 2.24) is 14.5 Å². The van der Waals surface area contributed by atoms with Gasteiger partial charge in [-0.2, -0.15) is 0 Å². The van der Waals surface area contributed by atoms with Crippen molar-refractivity contribution in [2.24, 2.45) is 0 Å². The van der Waals surface area contributed by atoms with E-state index in [0.29, 0.717) is 0 Å². The second kappa shape index (κ2) is 13.4. The summed E-state index contributed by atoms with van der Waals surface area (Å²) in [5.41, 5.74) is 15.3. The van der Waals surface area contributed by atoms with Gasteiger partial charge >= 0.3 is 0 Å². The van der Waals surface area contributed by atoms with Crippen LogP contribution in [0.5, 0.6) is 5.75 Å². The van der Waals surface area contributed by atoms with E-state index in [-0.39, 0.29) is 12.0 Å². The number of nitrogens with zero attached hydrogens (tertiary/aromatic N) is 3. The van der Waals surface area contributed by atoms with Crippen LogP contribution >= 0.6 is 0 Å². The fourth-order valence-corrected chi connectivity index (χ4v) is 9.87. The zero-order valence-electron chi connectivity index (χ0n) is 33.1. The summed E-state index contributed by atoms with van der Waals surface area (Å²) in [5.74, 6) is 1.88. The molecule has 2 unspecified atom stereocenters. The van der Waals surface area contributed by atoms with Crippen molar-refractivity contribution >= 4 is 65.8 Å². The summed E-state index contributed by atoms with van der Waals surface area (Å²) >= 11 is 0. The summed E-state index contributed by atoms with van der Waals surface area (Å²) < 4.78 is 15.6. The average Bonchev–Trinajstić information content (AvgIpc) is 4.00. The van der Waals surface area contributed by atoms with E-state index in [0.717, 1.165) is 118 Å². The lowest BCUT2D eigenvalue weighted by Gasteiger charge is -2.19. The molecule has 0 saturated heterocycles. The zero-order valence-corrected chi connectivity index (χ0v) is 33.1. The molecule has 3 aromatic heterocycles. The number of para-hydroxylation sites is 2. The second-order valence-electron chi connectivity index (χ2n) is 16.3. The van der Waals surface area contributed by atoms with Crippen molar-refractivity contribution in [3.05, 3.63) is 205 Å². The monoisotopic (exact) mass is 783 g/mol. The minimum Gasteiger partial charge on any atom is -0.485 e. The van der Waals surface area contributed by atoms with E-state index in [1.54, 1.807) is 0 Å². The predicted molar refractivity (Wildman–Crippen MR) is 249 cm³/mol. The largest absolute Gasteiger partial charge is 0.485 e. The van der Waals surface area contributed by atoms with Gasteiger partial charge in [0.2, 0.25) is 0 Å². The number of ether oxygens (including phenoxy) is 1. The lowest BCUT2D eigenvalue weighted by molar-refractivity contribution is 0.279. The molecule has 4 heterocycles. The Balaban J connectivity index is 0.916. The number of furan rings is 1. The molecule has 5 nitrogen and oxygen atoms in total. The molecule has 0 fully saturated rings. The van der Waals surface area contributed by atoms with Crippen molar-refractivity contribution in [2.45, 2.75) is 24.9 Å². The van der Waals surface area contributed by atoms with Gasteiger partial charge < -0.3 is 13.7 Å². The van der Waals surface area contributed by atoms with Gasteiger partial charge in [-0.1, -0.05) is 115 Å². The van der Waals surface area contributed by atoms with Gasteiger partial charge in [0.15, 0.2) is 5.82 Å². The molecular weight excluding hydrogens is 747 g/mol.